The first-order chi connectivity index (χ1) is 4.73. The Bertz CT molecular complexity index is 140. The lowest BCUT2D eigenvalue weighted by Gasteiger charge is -2.11. The summed E-state index contributed by atoms with van der Waals surface area (Å²) in [5.74, 6) is 0. The van der Waals surface area contributed by atoms with Gasteiger partial charge < -0.3 is 10.6 Å². The molecule has 0 aromatic carbocycles. The van der Waals surface area contributed by atoms with Gasteiger partial charge in [0.1, 0.15) is 0 Å². The van der Waals surface area contributed by atoms with Crippen molar-refractivity contribution in [2.24, 2.45) is 0 Å². The molecule has 0 saturated carbocycles. The molecule has 0 aromatic heterocycles. The summed E-state index contributed by atoms with van der Waals surface area (Å²) in [6.45, 7) is 4.56. The molecule has 6 heteroatoms. The van der Waals surface area contributed by atoms with Crippen molar-refractivity contribution in [1.82, 2.24) is 10.6 Å². The molecule has 1 aliphatic heterocycles. The van der Waals surface area contributed by atoms with Crippen LogP contribution in [0, 0.1) is 4.78 Å². The van der Waals surface area contributed by atoms with Crippen molar-refractivity contribution in [3.63, 3.8) is 0 Å². The number of piperazine rings is 1. The van der Waals surface area contributed by atoms with E-state index in [2.05, 4.69) is 10.6 Å². The Hall–Kier alpha value is -0.460. The standard InChI is InChI=1S/C4H10N2.HNO2S/c1-2-6-4-3-5-1;1-4(2)3/h5-6H,1-4H2;1H. The fourth-order valence-corrected chi connectivity index (χ4v) is 0.604. The van der Waals surface area contributed by atoms with Crippen LogP contribution in [0.5, 0.6) is 0 Å². The normalized spacial score (nSPS) is 16.8. The molecule has 10 heavy (non-hydrogen) atoms. The first kappa shape index (κ1) is 9.54. The summed E-state index contributed by atoms with van der Waals surface area (Å²) in [7, 11) is -2.61. The molecule has 60 valence electrons. The molecule has 0 atom stereocenters. The summed E-state index contributed by atoms with van der Waals surface area (Å²) < 4.78 is 22.8. The van der Waals surface area contributed by atoms with Crippen LogP contribution < -0.4 is 10.6 Å². The molecule has 0 radical (unpaired) electrons. The molecule has 0 spiro atoms. The van der Waals surface area contributed by atoms with Gasteiger partial charge >= 0.3 is 10.5 Å². The van der Waals surface area contributed by atoms with Crippen molar-refractivity contribution in [3.05, 3.63) is 0 Å². The summed E-state index contributed by atoms with van der Waals surface area (Å²) >= 11 is 0. The van der Waals surface area contributed by atoms with E-state index in [0.717, 1.165) is 26.2 Å². The minimum absolute atomic E-state index is 1.14. The Morgan fingerprint density at radius 3 is 1.30 bits per heavy atom. The Balaban J connectivity index is 0.000000180. The molecule has 0 aromatic rings. The van der Waals surface area contributed by atoms with Gasteiger partial charge in [0, 0.05) is 26.2 Å². The van der Waals surface area contributed by atoms with Crippen molar-refractivity contribution in [3.8, 4) is 0 Å². The van der Waals surface area contributed by atoms with E-state index in [-0.39, 0.29) is 0 Å². The molecule has 1 heterocycles. The third kappa shape index (κ3) is 10.5. The zero-order valence-electron chi connectivity index (χ0n) is 5.55. The monoisotopic (exact) mass is 165 g/mol. The van der Waals surface area contributed by atoms with Gasteiger partial charge in [-0.05, 0) is 0 Å². The highest BCUT2D eigenvalue weighted by atomic mass is 32.2. The first-order valence-electron chi connectivity index (χ1n) is 2.95. The van der Waals surface area contributed by atoms with Crippen LogP contribution in [0.4, 0.5) is 0 Å². The zero-order chi connectivity index (χ0) is 7.82. The maximum absolute atomic E-state index is 8.67. The van der Waals surface area contributed by atoms with E-state index >= 15 is 0 Å². The van der Waals surface area contributed by atoms with Crippen LogP contribution in [-0.4, -0.2) is 34.6 Å². The van der Waals surface area contributed by atoms with Crippen LogP contribution in [-0.2, 0) is 10.5 Å². The fraction of sp³-hybridized carbons (Fsp3) is 1.00. The van der Waals surface area contributed by atoms with E-state index in [1.807, 2.05) is 0 Å². The molecule has 3 N–H and O–H groups in total. The molecule has 0 aliphatic carbocycles. The Morgan fingerprint density at radius 2 is 1.20 bits per heavy atom. The zero-order valence-corrected chi connectivity index (χ0v) is 6.37. The molecular formula is C4H11N3O2S. The summed E-state index contributed by atoms with van der Waals surface area (Å²) in [4.78, 5) is 0. The SMILES string of the molecule is C1CNCCN1.N=S(=O)=O. The molecular weight excluding hydrogens is 154 g/mol. The van der Waals surface area contributed by atoms with Gasteiger partial charge in [-0.25, -0.2) is 0 Å². The first-order valence-corrected chi connectivity index (χ1v) is 4.03. The summed E-state index contributed by atoms with van der Waals surface area (Å²) in [6, 6.07) is 0. The van der Waals surface area contributed by atoms with E-state index in [1.54, 1.807) is 0 Å². The van der Waals surface area contributed by atoms with Crippen LogP contribution in [0.1, 0.15) is 0 Å². The molecule has 1 saturated heterocycles. The van der Waals surface area contributed by atoms with E-state index < -0.39 is 10.5 Å². The molecule has 1 rings (SSSR count). The third-order valence-corrected chi connectivity index (χ3v) is 0.957. The predicted molar refractivity (Wildman–Crippen MR) is 37.4 cm³/mol. The fourth-order valence-electron chi connectivity index (χ4n) is 0.604. The Kier molecular flexibility index (Phi) is 6.35. The average Bonchev–Trinajstić information content (AvgIpc) is 1.90. The van der Waals surface area contributed by atoms with Gasteiger partial charge in [0.05, 0.1) is 0 Å². The van der Waals surface area contributed by atoms with Gasteiger partial charge in [0.25, 0.3) is 0 Å². The van der Waals surface area contributed by atoms with E-state index in [4.69, 9.17) is 13.2 Å². The lowest BCUT2D eigenvalue weighted by atomic mass is 10.4. The lowest BCUT2D eigenvalue weighted by Crippen LogP contribution is -2.39. The molecule has 5 nitrogen and oxygen atoms in total. The van der Waals surface area contributed by atoms with Gasteiger partial charge in [0.15, 0.2) is 0 Å². The smallest absolute Gasteiger partial charge is 0.308 e. The van der Waals surface area contributed by atoms with Crippen LogP contribution in [0.25, 0.3) is 0 Å². The van der Waals surface area contributed by atoms with E-state index in [1.165, 1.54) is 0 Å². The van der Waals surface area contributed by atoms with Gasteiger partial charge in [-0.15, -0.1) is 0 Å². The highest BCUT2D eigenvalue weighted by Crippen LogP contribution is 1.65. The molecule has 1 fully saturated rings. The predicted octanol–water partition coefficient (Wildman–Crippen LogP) is -1.19. The molecule has 0 bridgehead atoms. The second kappa shape index (κ2) is 6.66. The van der Waals surface area contributed by atoms with Gasteiger partial charge in [0.2, 0.25) is 0 Å². The van der Waals surface area contributed by atoms with Crippen LogP contribution >= 0.6 is 0 Å². The minimum atomic E-state index is -2.61. The number of hydrogen-bond donors (Lipinski definition) is 3. The third-order valence-electron chi connectivity index (χ3n) is 0.957. The second-order valence-corrected chi connectivity index (χ2v) is 2.20. The van der Waals surface area contributed by atoms with E-state index in [9.17, 15) is 0 Å². The number of nitrogens with one attached hydrogen (secondary N) is 3. The Labute approximate surface area is 61.3 Å². The largest absolute Gasteiger partial charge is 0.314 e. The lowest BCUT2D eigenvalue weighted by molar-refractivity contribution is 0.534. The van der Waals surface area contributed by atoms with Gasteiger partial charge in [-0.2, -0.15) is 13.2 Å². The summed E-state index contributed by atoms with van der Waals surface area (Å²) in [5.41, 5.74) is 0. The number of rotatable bonds is 0. The summed E-state index contributed by atoms with van der Waals surface area (Å²) in [5, 5.41) is 6.44. The van der Waals surface area contributed by atoms with Crippen molar-refractivity contribution >= 4 is 10.5 Å². The van der Waals surface area contributed by atoms with Gasteiger partial charge in [-0.3, -0.25) is 0 Å². The number of hydrogen-bond acceptors (Lipinski definition) is 5. The van der Waals surface area contributed by atoms with Crippen molar-refractivity contribution in [2.45, 2.75) is 0 Å². The molecule has 0 unspecified atom stereocenters. The van der Waals surface area contributed by atoms with Crippen molar-refractivity contribution in [1.29, 1.82) is 4.78 Å². The summed E-state index contributed by atoms with van der Waals surface area (Å²) in [6.07, 6.45) is 0. The van der Waals surface area contributed by atoms with Crippen LogP contribution in [0.2, 0.25) is 0 Å². The average molecular weight is 165 g/mol. The van der Waals surface area contributed by atoms with Crippen LogP contribution in [0.3, 0.4) is 0 Å². The minimum Gasteiger partial charge on any atom is -0.314 e. The van der Waals surface area contributed by atoms with Crippen LogP contribution in [0.15, 0.2) is 0 Å². The van der Waals surface area contributed by atoms with Crippen molar-refractivity contribution < 1.29 is 8.42 Å². The van der Waals surface area contributed by atoms with Gasteiger partial charge in [-0.1, -0.05) is 0 Å². The highest BCUT2D eigenvalue weighted by molar-refractivity contribution is 7.60. The Morgan fingerprint density at radius 1 is 1.00 bits per heavy atom. The maximum Gasteiger partial charge on any atom is 0.308 e. The second-order valence-electron chi connectivity index (χ2n) is 1.73. The maximum atomic E-state index is 8.67. The molecule has 0 amide bonds. The molecule has 1 aliphatic rings. The van der Waals surface area contributed by atoms with Crippen molar-refractivity contribution in [2.75, 3.05) is 26.2 Å². The van der Waals surface area contributed by atoms with E-state index in [0.29, 0.717) is 0 Å². The highest BCUT2D eigenvalue weighted by Gasteiger charge is 1.91. The topological polar surface area (TPSA) is 82.0 Å². The quantitative estimate of drug-likeness (QED) is 0.421.